The van der Waals surface area contributed by atoms with Crippen molar-refractivity contribution in [2.45, 2.75) is 45.4 Å². The van der Waals surface area contributed by atoms with Crippen LogP contribution >= 0.6 is 0 Å². The van der Waals surface area contributed by atoms with Gasteiger partial charge in [-0.3, -0.25) is 4.79 Å². The lowest BCUT2D eigenvalue weighted by Crippen LogP contribution is -1.91. The Labute approximate surface area is 81.0 Å². The molecule has 0 bridgehead atoms. The van der Waals surface area contributed by atoms with Crippen LogP contribution in [0.3, 0.4) is 0 Å². The smallest absolute Gasteiger partial charge is 0.293 e. The predicted molar refractivity (Wildman–Crippen MR) is 54.5 cm³/mol. The summed E-state index contributed by atoms with van der Waals surface area (Å²) in [5, 5.41) is 0. The van der Waals surface area contributed by atoms with Crippen molar-refractivity contribution in [2.75, 3.05) is 6.61 Å². The predicted octanol–water partition coefficient (Wildman–Crippen LogP) is 3.08. The van der Waals surface area contributed by atoms with Crippen molar-refractivity contribution in [3.63, 3.8) is 0 Å². The molecule has 0 amide bonds. The second kappa shape index (κ2) is 11.2. The van der Waals surface area contributed by atoms with Crippen LogP contribution in [0.4, 0.5) is 0 Å². The molecule has 2 heteroatoms. The van der Waals surface area contributed by atoms with Crippen molar-refractivity contribution in [1.82, 2.24) is 0 Å². The maximum absolute atomic E-state index is 9.78. The van der Waals surface area contributed by atoms with Crippen molar-refractivity contribution < 1.29 is 9.53 Å². The molecule has 76 valence electrons. The van der Waals surface area contributed by atoms with Crippen LogP contribution in [0.5, 0.6) is 0 Å². The zero-order valence-corrected chi connectivity index (χ0v) is 8.50. The van der Waals surface area contributed by atoms with E-state index in [1.807, 2.05) is 0 Å². The van der Waals surface area contributed by atoms with E-state index < -0.39 is 0 Å². The summed E-state index contributed by atoms with van der Waals surface area (Å²) in [6, 6.07) is 0. The molecule has 0 saturated carbocycles. The molecule has 0 aromatic carbocycles. The van der Waals surface area contributed by atoms with Crippen molar-refractivity contribution in [3.8, 4) is 0 Å². The lowest BCUT2D eigenvalue weighted by atomic mass is 10.1. The largest absolute Gasteiger partial charge is 0.468 e. The van der Waals surface area contributed by atoms with Gasteiger partial charge in [-0.15, -0.1) is 0 Å². The van der Waals surface area contributed by atoms with E-state index >= 15 is 0 Å². The highest BCUT2D eigenvalue weighted by Crippen LogP contribution is 2.05. The number of rotatable bonds is 9. The summed E-state index contributed by atoms with van der Waals surface area (Å²) in [5.74, 6) is 0. The number of allylic oxidation sites excluding steroid dienone is 2. The fraction of sp³-hybridized carbons (Fsp3) is 0.727. The van der Waals surface area contributed by atoms with Crippen LogP contribution < -0.4 is 0 Å². The van der Waals surface area contributed by atoms with E-state index in [1.165, 1.54) is 32.1 Å². The first kappa shape index (κ1) is 12.2. The van der Waals surface area contributed by atoms with Crippen molar-refractivity contribution >= 4 is 6.47 Å². The van der Waals surface area contributed by atoms with E-state index in [1.54, 1.807) is 0 Å². The number of carbonyl (C=O) groups is 1. The Hall–Kier alpha value is -0.790. The van der Waals surface area contributed by atoms with E-state index in [2.05, 4.69) is 23.8 Å². The summed E-state index contributed by atoms with van der Waals surface area (Å²) >= 11 is 0. The molecule has 0 aromatic heterocycles. The van der Waals surface area contributed by atoms with E-state index in [9.17, 15) is 4.79 Å². The third kappa shape index (κ3) is 11.2. The number of unbranched alkanes of at least 4 members (excludes halogenated alkanes) is 5. The van der Waals surface area contributed by atoms with Gasteiger partial charge in [0.25, 0.3) is 6.47 Å². The first-order chi connectivity index (χ1) is 6.41. The molecule has 0 fully saturated rings. The molecular weight excluding hydrogens is 164 g/mol. The molecule has 0 aromatic rings. The van der Waals surface area contributed by atoms with Gasteiger partial charge in [0.1, 0.15) is 0 Å². The number of hydrogen-bond acceptors (Lipinski definition) is 2. The summed E-state index contributed by atoms with van der Waals surface area (Å²) in [7, 11) is 0. The number of hydrogen-bond donors (Lipinski definition) is 0. The maximum atomic E-state index is 9.78. The lowest BCUT2D eigenvalue weighted by molar-refractivity contribution is -0.128. The zero-order valence-electron chi connectivity index (χ0n) is 8.50. The molecule has 0 rings (SSSR count). The van der Waals surface area contributed by atoms with E-state index in [4.69, 9.17) is 0 Å². The van der Waals surface area contributed by atoms with E-state index in [0.717, 1.165) is 6.42 Å². The molecule has 0 N–H and O–H groups in total. The van der Waals surface area contributed by atoms with Gasteiger partial charge >= 0.3 is 0 Å². The summed E-state index contributed by atoms with van der Waals surface area (Å²) in [4.78, 5) is 9.78. The zero-order chi connectivity index (χ0) is 9.78. The van der Waals surface area contributed by atoms with Crippen molar-refractivity contribution in [1.29, 1.82) is 0 Å². The number of ether oxygens (including phenoxy) is 1. The van der Waals surface area contributed by atoms with Gasteiger partial charge in [-0.1, -0.05) is 31.4 Å². The van der Waals surface area contributed by atoms with Gasteiger partial charge in [0.2, 0.25) is 0 Å². The van der Waals surface area contributed by atoms with Crippen LogP contribution in [0.2, 0.25) is 0 Å². The van der Waals surface area contributed by atoms with Gasteiger partial charge in [0, 0.05) is 0 Å². The minimum Gasteiger partial charge on any atom is -0.468 e. The summed E-state index contributed by atoms with van der Waals surface area (Å²) < 4.78 is 4.59. The second-order valence-corrected chi connectivity index (χ2v) is 3.09. The molecule has 0 aliphatic rings. The molecule has 0 heterocycles. The van der Waals surface area contributed by atoms with Crippen LogP contribution in [0.1, 0.15) is 45.4 Å². The molecule has 0 atom stereocenters. The SMILES string of the molecule is C/C=C/CCCCCCCOC=O. The molecule has 0 aliphatic heterocycles. The van der Waals surface area contributed by atoms with Crippen LogP contribution in [-0.2, 0) is 9.53 Å². The van der Waals surface area contributed by atoms with Gasteiger partial charge in [-0.05, 0) is 26.2 Å². The molecule has 0 unspecified atom stereocenters. The molecule has 2 nitrogen and oxygen atoms in total. The normalized spacial score (nSPS) is 10.5. The molecule has 0 radical (unpaired) electrons. The highest BCUT2D eigenvalue weighted by molar-refractivity contribution is 5.36. The standard InChI is InChI=1S/C11H20O2/c1-2-3-4-5-6-7-8-9-10-13-11-12/h2-3,11H,4-10H2,1H3/b3-2+. The highest BCUT2D eigenvalue weighted by Gasteiger charge is 1.89. The third-order valence-corrected chi connectivity index (χ3v) is 1.94. The molecular formula is C11H20O2. The average Bonchev–Trinajstić information content (AvgIpc) is 2.16. The Kier molecular flexibility index (Phi) is 10.5. The van der Waals surface area contributed by atoms with Crippen LogP contribution in [0.15, 0.2) is 12.2 Å². The molecule has 13 heavy (non-hydrogen) atoms. The monoisotopic (exact) mass is 184 g/mol. The Morgan fingerprint density at radius 2 is 1.77 bits per heavy atom. The quantitative estimate of drug-likeness (QED) is 0.313. The highest BCUT2D eigenvalue weighted by atomic mass is 16.5. The summed E-state index contributed by atoms with van der Waals surface area (Å²) in [6.07, 6.45) is 11.5. The Morgan fingerprint density at radius 3 is 2.46 bits per heavy atom. The average molecular weight is 184 g/mol. The molecule has 0 saturated heterocycles. The lowest BCUT2D eigenvalue weighted by Gasteiger charge is -1.99. The maximum Gasteiger partial charge on any atom is 0.293 e. The van der Waals surface area contributed by atoms with E-state index in [-0.39, 0.29) is 0 Å². The number of carbonyl (C=O) groups excluding carboxylic acids is 1. The minimum absolute atomic E-state index is 0.520. The van der Waals surface area contributed by atoms with Gasteiger partial charge in [0.05, 0.1) is 6.61 Å². The van der Waals surface area contributed by atoms with Crippen molar-refractivity contribution in [3.05, 3.63) is 12.2 Å². The molecule has 0 aliphatic carbocycles. The molecule has 0 spiro atoms. The van der Waals surface area contributed by atoms with Gasteiger partial charge in [-0.2, -0.15) is 0 Å². The first-order valence-corrected chi connectivity index (χ1v) is 5.08. The Balaban J connectivity index is 2.87. The first-order valence-electron chi connectivity index (χ1n) is 5.08. The van der Waals surface area contributed by atoms with Gasteiger partial charge in [-0.25, -0.2) is 0 Å². The third-order valence-electron chi connectivity index (χ3n) is 1.94. The summed E-state index contributed by atoms with van der Waals surface area (Å²) in [6.45, 7) is 3.15. The van der Waals surface area contributed by atoms with Crippen LogP contribution in [-0.4, -0.2) is 13.1 Å². The van der Waals surface area contributed by atoms with E-state index in [0.29, 0.717) is 13.1 Å². The van der Waals surface area contributed by atoms with Crippen LogP contribution in [0.25, 0.3) is 0 Å². The summed E-state index contributed by atoms with van der Waals surface area (Å²) in [5.41, 5.74) is 0. The second-order valence-electron chi connectivity index (χ2n) is 3.09. The fourth-order valence-corrected chi connectivity index (χ4v) is 1.19. The Bertz CT molecular complexity index is 130. The Morgan fingerprint density at radius 1 is 1.08 bits per heavy atom. The van der Waals surface area contributed by atoms with Gasteiger partial charge < -0.3 is 4.74 Å². The van der Waals surface area contributed by atoms with Crippen LogP contribution in [0, 0.1) is 0 Å². The fourth-order valence-electron chi connectivity index (χ4n) is 1.19. The minimum atomic E-state index is 0.520. The topological polar surface area (TPSA) is 26.3 Å². The van der Waals surface area contributed by atoms with Gasteiger partial charge in [0.15, 0.2) is 0 Å². The van der Waals surface area contributed by atoms with Crippen molar-refractivity contribution in [2.24, 2.45) is 0 Å².